The van der Waals surface area contributed by atoms with Crippen LogP contribution in [0.4, 0.5) is 0 Å². The highest BCUT2D eigenvalue weighted by Gasteiger charge is 2.13. The monoisotopic (exact) mass is 183 g/mol. The van der Waals surface area contributed by atoms with Crippen LogP contribution in [0.2, 0.25) is 0 Å². The first-order valence-electron chi connectivity index (χ1n) is 4.05. The highest BCUT2D eigenvalue weighted by atomic mass is 16.3. The Morgan fingerprint density at radius 2 is 2.54 bits per heavy atom. The highest BCUT2D eigenvalue weighted by Crippen LogP contribution is 2.03. The van der Waals surface area contributed by atoms with Gasteiger partial charge in [-0.3, -0.25) is 4.79 Å². The topological polar surface area (TPSA) is 81.2 Å². The summed E-state index contributed by atoms with van der Waals surface area (Å²) in [7, 11) is 0. The van der Waals surface area contributed by atoms with Crippen LogP contribution in [0.15, 0.2) is 10.8 Å². The van der Waals surface area contributed by atoms with E-state index < -0.39 is 0 Å². The Kier molecular flexibility index (Phi) is 3.02. The quantitative estimate of drug-likeness (QED) is 0.694. The number of aromatic nitrogens is 1. The van der Waals surface area contributed by atoms with E-state index in [0.29, 0.717) is 12.2 Å². The maximum atomic E-state index is 11.3. The number of carbonyl (C=O) groups excluding carboxylic acids is 1. The lowest BCUT2D eigenvalue weighted by atomic mass is 10.3. The summed E-state index contributed by atoms with van der Waals surface area (Å²) in [6.07, 6.45) is 1.25. The Balaban J connectivity index is 2.54. The fraction of sp³-hybridized carbons (Fsp3) is 0.500. The van der Waals surface area contributed by atoms with Gasteiger partial charge < -0.3 is 15.5 Å². The minimum atomic E-state index is -0.271. The Hall–Kier alpha value is -1.36. The van der Waals surface area contributed by atoms with Crippen molar-refractivity contribution < 1.29 is 9.21 Å². The third kappa shape index (κ3) is 2.55. The molecule has 5 nitrogen and oxygen atoms in total. The molecule has 0 radical (unpaired) electrons. The van der Waals surface area contributed by atoms with Gasteiger partial charge in [-0.1, -0.05) is 0 Å². The van der Waals surface area contributed by atoms with E-state index in [-0.39, 0.29) is 17.7 Å². The lowest BCUT2D eigenvalue weighted by Gasteiger charge is -2.05. The lowest BCUT2D eigenvalue weighted by molar-refractivity contribution is 0.0923. The molecule has 5 heteroatoms. The minimum Gasteiger partial charge on any atom is -0.438 e. The van der Waals surface area contributed by atoms with Crippen LogP contribution >= 0.6 is 0 Å². The van der Waals surface area contributed by atoms with E-state index in [0.717, 1.165) is 0 Å². The van der Waals surface area contributed by atoms with E-state index in [4.69, 9.17) is 10.2 Å². The summed E-state index contributed by atoms with van der Waals surface area (Å²) in [6, 6.07) is -0.0628. The Morgan fingerprint density at radius 3 is 3.00 bits per heavy atom. The van der Waals surface area contributed by atoms with Crippen molar-refractivity contribution in [3.63, 3.8) is 0 Å². The largest absolute Gasteiger partial charge is 0.438 e. The highest BCUT2D eigenvalue weighted by molar-refractivity contribution is 5.92. The SMILES string of the molecule is Cc1ncoc1C(=O)NCC(C)N. The number of rotatable bonds is 3. The molecule has 0 saturated heterocycles. The minimum absolute atomic E-state index is 0.0628. The first-order valence-corrected chi connectivity index (χ1v) is 4.05. The van der Waals surface area contributed by atoms with Gasteiger partial charge in [-0.2, -0.15) is 0 Å². The molecule has 0 aliphatic carbocycles. The fourth-order valence-electron chi connectivity index (χ4n) is 0.854. The zero-order valence-electron chi connectivity index (χ0n) is 7.70. The second kappa shape index (κ2) is 4.04. The predicted octanol–water partition coefficient (Wildman–Crippen LogP) is 0.0600. The smallest absolute Gasteiger partial charge is 0.289 e. The average molecular weight is 183 g/mol. The number of nitrogens with two attached hydrogens (primary N) is 1. The summed E-state index contributed by atoms with van der Waals surface area (Å²) in [5.74, 6) is -0.0204. The number of oxazole rings is 1. The van der Waals surface area contributed by atoms with Gasteiger partial charge in [0.2, 0.25) is 5.76 Å². The van der Waals surface area contributed by atoms with Crippen LogP contribution < -0.4 is 11.1 Å². The molecule has 0 aliphatic heterocycles. The average Bonchev–Trinajstić information content (AvgIpc) is 2.47. The molecule has 1 rings (SSSR count). The Bertz CT molecular complexity index is 293. The van der Waals surface area contributed by atoms with Crippen molar-refractivity contribution in [3.8, 4) is 0 Å². The van der Waals surface area contributed by atoms with E-state index in [9.17, 15) is 4.79 Å². The molecule has 3 N–H and O–H groups in total. The number of aryl methyl sites for hydroxylation is 1. The zero-order chi connectivity index (χ0) is 9.84. The number of nitrogens with one attached hydrogen (secondary N) is 1. The van der Waals surface area contributed by atoms with Crippen LogP contribution in [-0.2, 0) is 0 Å². The predicted molar refractivity (Wildman–Crippen MR) is 47.2 cm³/mol. The van der Waals surface area contributed by atoms with Crippen LogP contribution in [0.1, 0.15) is 23.2 Å². The molecule has 1 unspecified atom stereocenters. The van der Waals surface area contributed by atoms with Crippen LogP contribution in [-0.4, -0.2) is 23.5 Å². The molecule has 0 bridgehead atoms. The molecule has 1 aromatic rings. The van der Waals surface area contributed by atoms with E-state index >= 15 is 0 Å². The molecule has 1 aromatic heterocycles. The summed E-state index contributed by atoms with van der Waals surface area (Å²) >= 11 is 0. The maximum absolute atomic E-state index is 11.3. The molecule has 0 saturated carbocycles. The molecule has 1 atom stereocenters. The van der Waals surface area contributed by atoms with Gasteiger partial charge in [-0.25, -0.2) is 4.98 Å². The zero-order valence-corrected chi connectivity index (χ0v) is 7.70. The molecule has 1 amide bonds. The number of carbonyl (C=O) groups is 1. The van der Waals surface area contributed by atoms with Gasteiger partial charge in [-0.05, 0) is 13.8 Å². The van der Waals surface area contributed by atoms with Crippen LogP contribution in [0.3, 0.4) is 0 Å². The van der Waals surface area contributed by atoms with Crippen molar-refractivity contribution in [2.75, 3.05) is 6.54 Å². The van der Waals surface area contributed by atoms with Crippen molar-refractivity contribution in [1.82, 2.24) is 10.3 Å². The lowest BCUT2D eigenvalue weighted by Crippen LogP contribution is -2.35. The maximum Gasteiger partial charge on any atom is 0.289 e. The third-order valence-electron chi connectivity index (χ3n) is 1.54. The van der Waals surface area contributed by atoms with E-state index in [2.05, 4.69) is 10.3 Å². The molecule has 13 heavy (non-hydrogen) atoms. The number of hydrogen-bond donors (Lipinski definition) is 2. The van der Waals surface area contributed by atoms with Crippen molar-refractivity contribution in [2.45, 2.75) is 19.9 Å². The normalized spacial score (nSPS) is 12.5. The summed E-state index contributed by atoms with van der Waals surface area (Å²) in [4.78, 5) is 15.1. The van der Waals surface area contributed by atoms with Crippen molar-refractivity contribution in [3.05, 3.63) is 17.8 Å². The van der Waals surface area contributed by atoms with E-state index in [1.54, 1.807) is 6.92 Å². The molecular formula is C8H13N3O2. The molecule has 72 valence electrons. The first-order chi connectivity index (χ1) is 6.11. The van der Waals surface area contributed by atoms with Gasteiger partial charge in [0.1, 0.15) is 0 Å². The van der Waals surface area contributed by atoms with Crippen molar-refractivity contribution in [2.24, 2.45) is 5.73 Å². The molecule has 0 fully saturated rings. The Labute approximate surface area is 76.3 Å². The molecule has 0 aromatic carbocycles. The van der Waals surface area contributed by atoms with Gasteiger partial charge in [0.15, 0.2) is 6.39 Å². The number of hydrogen-bond acceptors (Lipinski definition) is 4. The number of amides is 1. The van der Waals surface area contributed by atoms with Gasteiger partial charge in [0.05, 0.1) is 5.69 Å². The summed E-state index contributed by atoms with van der Waals surface area (Å²) in [5.41, 5.74) is 6.06. The fourth-order valence-corrected chi connectivity index (χ4v) is 0.854. The Morgan fingerprint density at radius 1 is 1.85 bits per heavy atom. The first kappa shape index (κ1) is 9.73. The second-order valence-corrected chi connectivity index (χ2v) is 2.95. The second-order valence-electron chi connectivity index (χ2n) is 2.95. The molecule has 1 heterocycles. The van der Waals surface area contributed by atoms with Crippen LogP contribution in [0.25, 0.3) is 0 Å². The number of nitrogens with zero attached hydrogens (tertiary/aromatic N) is 1. The van der Waals surface area contributed by atoms with Crippen LogP contribution in [0.5, 0.6) is 0 Å². The summed E-state index contributed by atoms with van der Waals surface area (Å²) < 4.78 is 4.89. The van der Waals surface area contributed by atoms with Gasteiger partial charge >= 0.3 is 0 Å². The third-order valence-corrected chi connectivity index (χ3v) is 1.54. The summed E-state index contributed by atoms with van der Waals surface area (Å²) in [6.45, 7) is 3.96. The standard InChI is InChI=1S/C8H13N3O2/c1-5(9)3-10-8(12)7-6(2)11-4-13-7/h4-5H,3,9H2,1-2H3,(H,10,12). The van der Waals surface area contributed by atoms with Gasteiger partial charge in [-0.15, -0.1) is 0 Å². The molecule has 0 aliphatic rings. The van der Waals surface area contributed by atoms with Crippen LogP contribution in [0, 0.1) is 6.92 Å². The molecular weight excluding hydrogens is 170 g/mol. The summed E-state index contributed by atoms with van der Waals surface area (Å²) in [5, 5.41) is 2.63. The molecule has 0 spiro atoms. The van der Waals surface area contributed by atoms with E-state index in [1.165, 1.54) is 6.39 Å². The van der Waals surface area contributed by atoms with Gasteiger partial charge in [0.25, 0.3) is 5.91 Å². The van der Waals surface area contributed by atoms with Crippen molar-refractivity contribution >= 4 is 5.91 Å². The van der Waals surface area contributed by atoms with E-state index in [1.807, 2.05) is 6.92 Å². The van der Waals surface area contributed by atoms with Crippen molar-refractivity contribution in [1.29, 1.82) is 0 Å². The van der Waals surface area contributed by atoms with Gasteiger partial charge in [0, 0.05) is 12.6 Å².